The Morgan fingerprint density at radius 2 is 1.84 bits per heavy atom. The number of hydrogen-bond donors (Lipinski definition) is 1. The van der Waals surface area contributed by atoms with Gasteiger partial charge in [0.25, 0.3) is 0 Å². The van der Waals surface area contributed by atoms with Crippen LogP contribution in [0.1, 0.15) is 25.7 Å². The SMILES string of the molecule is Cl.O=C1O[C@]2(CC[C@H](CNc3cc(-c4ccccc4)ccn3)CC2)CN1c1cccnn1. The maximum atomic E-state index is 12.4. The second kappa shape index (κ2) is 9.53. The molecule has 1 aromatic carbocycles. The predicted octanol–water partition coefficient (Wildman–Crippen LogP) is 4.96. The van der Waals surface area contributed by atoms with Crippen LogP contribution in [0.3, 0.4) is 0 Å². The number of halogens is 1. The van der Waals surface area contributed by atoms with Gasteiger partial charge < -0.3 is 10.1 Å². The lowest BCUT2D eigenvalue weighted by Gasteiger charge is -2.35. The molecular weight excluding hydrogens is 426 g/mol. The van der Waals surface area contributed by atoms with Crippen LogP contribution in [0.5, 0.6) is 0 Å². The van der Waals surface area contributed by atoms with Gasteiger partial charge in [0.1, 0.15) is 11.4 Å². The first-order chi connectivity index (χ1) is 15.2. The van der Waals surface area contributed by atoms with E-state index in [4.69, 9.17) is 4.74 Å². The lowest BCUT2D eigenvalue weighted by atomic mass is 9.78. The van der Waals surface area contributed by atoms with Crippen molar-refractivity contribution in [2.75, 3.05) is 23.3 Å². The van der Waals surface area contributed by atoms with Gasteiger partial charge in [-0.05, 0) is 67.0 Å². The Morgan fingerprint density at radius 3 is 2.59 bits per heavy atom. The molecule has 3 heterocycles. The highest BCUT2D eigenvalue weighted by Crippen LogP contribution is 2.40. The fraction of sp³-hybridized carbons (Fsp3) is 0.333. The van der Waals surface area contributed by atoms with Gasteiger partial charge in [-0.3, -0.25) is 4.90 Å². The number of ether oxygens (including phenoxy) is 1. The Morgan fingerprint density at radius 1 is 1.03 bits per heavy atom. The van der Waals surface area contributed by atoms with E-state index in [1.807, 2.05) is 30.5 Å². The monoisotopic (exact) mass is 451 g/mol. The minimum absolute atomic E-state index is 0. The van der Waals surface area contributed by atoms with Crippen molar-refractivity contribution in [2.45, 2.75) is 31.3 Å². The summed E-state index contributed by atoms with van der Waals surface area (Å²) in [6, 6.07) is 18.0. The minimum atomic E-state index is -0.406. The number of nitrogens with zero attached hydrogens (tertiary/aromatic N) is 4. The summed E-state index contributed by atoms with van der Waals surface area (Å²) in [5, 5.41) is 11.4. The van der Waals surface area contributed by atoms with Gasteiger partial charge in [-0.1, -0.05) is 30.3 Å². The highest BCUT2D eigenvalue weighted by molar-refractivity contribution is 5.89. The molecule has 1 aliphatic carbocycles. The van der Waals surface area contributed by atoms with E-state index < -0.39 is 5.60 Å². The molecule has 0 atom stereocenters. The van der Waals surface area contributed by atoms with Gasteiger partial charge in [0.15, 0.2) is 5.82 Å². The summed E-state index contributed by atoms with van der Waals surface area (Å²) in [4.78, 5) is 18.5. The highest BCUT2D eigenvalue weighted by Gasteiger charge is 2.48. The topological polar surface area (TPSA) is 80.2 Å². The number of benzene rings is 1. The molecule has 3 aromatic rings. The molecule has 0 bridgehead atoms. The van der Waals surface area contributed by atoms with Gasteiger partial charge >= 0.3 is 6.09 Å². The van der Waals surface area contributed by atoms with E-state index >= 15 is 0 Å². The van der Waals surface area contributed by atoms with E-state index in [1.54, 1.807) is 23.2 Å². The first-order valence-corrected chi connectivity index (χ1v) is 10.7. The van der Waals surface area contributed by atoms with Crippen LogP contribution in [0.4, 0.5) is 16.4 Å². The fourth-order valence-corrected chi connectivity index (χ4v) is 4.49. The van der Waals surface area contributed by atoms with E-state index in [-0.39, 0.29) is 18.5 Å². The molecule has 0 radical (unpaired) electrons. The van der Waals surface area contributed by atoms with E-state index in [9.17, 15) is 4.79 Å². The van der Waals surface area contributed by atoms with Crippen LogP contribution < -0.4 is 10.2 Å². The van der Waals surface area contributed by atoms with E-state index in [2.05, 4.69) is 38.7 Å². The Bertz CT molecular complexity index is 1040. The molecule has 2 fully saturated rings. The summed E-state index contributed by atoms with van der Waals surface area (Å²) in [5.74, 6) is 1.97. The Balaban J connectivity index is 0.00000245. The zero-order chi connectivity index (χ0) is 21.1. The van der Waals surface area contributed by atoms with Gasteiger partial charge in [-0.2, -0.15) is 5.10 Å². The van der Waals surface area contributed by atoms with Crippen LogP contribution >= 0.6 is 12.4 Å². The average Bonchev–Trinajstić information content (AvgIpc) is 3.16. The van der Waals surface area contributed by atoms with E-state index in [0.29, 0.717) is 18.3 Å². The number of anilines is 2. The quantitative estimate of drug-likeness (QED) is 0.590. The molecule has 1 saturated heterocycles. The summed E-state index contributed by atoms with van der Waals surface area (Å²) in [6.07, 6.45) is 6.86. The normalized spacial score (nSPS) is 22.3. The number of hydrogen-bond acceptors (Lipinski definition) is 6. The zero-order valence-electron chi connectivity index (χ0n) is 17.7. The number of amides is 1. The summed E-state index contributed by atoms with van der Waals surface area (Å²) in [7, 11) is 0. The molecule has 2 aromatic heterocycles. The van der Waals surface area contributed by atoms with Crippen LogP contribution in [0.15, 0.2) is 67.0 Å². The molecule has 1 spiro atoms. The third kappa shape index (κ3) is 4.67. The standard InChI is InChI=1S/C24H25N5O2.ClH/c30-23-29(22-7-4-13-27-28-22)17-24(31-23)11-8-18(9-12-24)16-26-21-15-20(10-14-25-21)19-5-2-1-3-6-19;/h1-7,10,13-15,18H,8-9,11-12,16-17H2,(H,25,26);1H/t18-,24-;. The predicted molar refractivity (Wildman–Crippen MR) is 126 cm³/mol. The molecule has 5 rings (SSSR count). The van der Waals surface area contributed by atoms with Crippen molar-refractivity contribution in [2.24, 2.45) is 5.92 Å². The maximum absolute atomic E-state index is 12.4. The number of nitrogens with one attached hydrogen (secondary N) is 1. The number of carbonyl (C=O) groups excluding carboxylic acids is 1. The van der Waals surface area contributed by atoms with Crippen molar-refractivity contribution < 1.29 is 9.53 Å². The van der Waals surface area contributed by atoms with Crippen LogP contribution in [-0.2, 0) is 4.74 Å². The first-order valence-electron chi connectivity index (χ1n) is 10.7. The van der Waals surface area contributed by atoms with Crippen molar-refractivity contribution in [3.63, 3.8) is 0 Å². The molecule has 1 N–H and O–H groups in total. The fourth-order valence-electron chi connectivity index (χ4n) is 4.49. The summed E-state index contributed by atoms with van der Waals surface area (Å²) < 4.78 is 5.82. The van der Waals surface area contributed by atoms with Crippen LogP contribution in [0.2, 0.25) is 0 Å². The molecular formula is C24H26ClN5O2. The Labute approximate surface area is 193 Å². The molecule has 2 aliphatic rings. The van der Waals surface area contributed by atoms with Crippen molar-refractivity contribution >= 4 is 30.1 Å². The number of aromatic nitrogens is 3. The Hall–Kier alpha value is -3.19. The lowest BCUT2D eigenvalue weighted by Crippen LogP contribution is -2.39. The molecule has 32 heavy (non-hydrogen) atoms. The number of carbonyl (C=O) groups is 1. The first kappa shape index (κ1) is 22.0. The highest BCUT2D eigenvalue weighted by atomic mass is 35.5. The van der Waals surface area contributed by atoms with Gasteiger partial charge in [0, 0.05) is 18.9 Å². The van der Waals surface area contributed by atoms with Crippen LogP contribution in [0.25, 0.3) is 11.1 Å². The van der Waals surface area contributed by atoms with Crippen LogP contribution in [-0.4, -0.2) is 40.0 Å². The molecule has 8 heteroatoms. The van der Waals surface area contributed by atoms with Gasteiger partial charge in [-0.25, -0.2) is 9.78 Å². The molecule has 7 nitrogen and oxygen atoms in total. The van der Waals surface area contributed by atoms with Gasteiger partial charge in [0.2, 0.25) is 0 Å². The third-order valence-corrected chi connectivity index (χ3v) is 6.26. The number of pyridine rings is 1. The molecule has 1 aliphatic heterocycles. The summed E-state index contributed by atoms with van der Waals surface area (Å²) >= 11 is 0. The van der Waals surface area contributed by atoms with Gasteiger partial charge in [-0.15, -0.1) is 17.5 Å². The smallest absolute Gasteiger partial charge is 0.416 e. The second-order valence-electron chi connectivity index (χ2n) is 8.34. The van der Waals surface area contributed by atoms with E-state index in [1.165, 1.54) is 5.56 Å². The maximum Gasteiger partial charge on any atom is 0.416 e. The van der Waals surface area contributed by atoms with Crippen LogP contribution in [0, 0.1) is 5.92 Å². The largest absolute Gasteiger partial charge is 0.441 e. The van der Waals surface area contributed by atoms with Crippen molar-refractivity contribution in [1.29, 1.82) is 0 Å². The van der Waals surface area contributed by atoms with E-state index in [0.717, 1.165) is 43.6 Å². The van der Waals surface area contributed by atoms with Crippen molar-refractivity contribution in [3.8, 4) is 11.1 Å². The summed E-state index contributed by atoms with van der Waals surface area (Å²) in [6.45, 7) is 1.41. The molecule has 1 amide bonds. The Kier molecular flexibility index (Phi) is 6.55. The number of rotatable bonds is 5. The molecule has 166 valence electrons. The zero-order valence-corrected chi connectivity index (χ0v) is 18.5. The second-order valence-corrected chi connectivity index (χ2v) is 8.34. The summed E-state index contributed by atoms with van der Waals surface area (Å²) in [5.41, 5.74) is 1.93. The van der Waals surface area contributed by atoms with Gasteiger partial charge in [0.05, 0.1) is 6.54 Å². The van der Waals surface area contributed by atoms with Crippen molar-refractivity contribution in [1.82, 2.24) is 15.2 Å². The average molecular weight is 452 g/mol. The van der Waals surface area contributed by atoms with Crippen molar-refractivity contribution in [3.05, 3.63) is 67.0 Å². The third-order valence-electron chi connectivity index (χ3n) is 6.26. The minimum Gasteiger partial charge on any atom is -0.441 e. The lowest BCUT2D eigenvalue weighted by molar-refractivity contribution is 0.0148. The molecule has 1 saturated carbocycles. The molecule has 0 unspecified atom stereocenters.